The monoisotopic (exact) mass is 235 g/mol. The van der Waals surface area contributed by atoms with Gasteiger partial charge in [0, 0.05) is 31.3 Å². The minimum Gasteiger partial charge on any atom is -0.339 e. The zero-order valence-corrected chi connectivity index (χ0v) is 9.20. The minimum atomic E-state index is -0.465. The molecule has 0 unspecified atom stereocenters. The largest absolute Gasteiger partial charge is 0.339 e. The summed E-state index contributed by atoms with van der Waals surface area (Å²) in [6.07, 6.45) is 0.189. The Morgan fingerprint density at radius 1 is 1.53 bits per heavy atom. The van der Waals surface area contributed by atoms with Gasteiger partial charge >= 0.3 is 0 Å². The third-order valence-corrected chi connectivity index (χ3v) is 2.74. The molecule has 0 aliphatic carbocycles. The Morgan fingerprint density at radius 2 is 2.24 bits per heavy atom. The Bertz CT molecular complexity index is 455. The van der Waals surface area contributed by atoms with Crippen LogP contribution in [0.25, 0.3) is 0 Å². The number of hydrogen-bond acceptors (Lipinski definition) is 4. The van der Waals surface area contributed by atoms with Gasteiger partial charge in [0.05, 0.1) is 11.3 Å². The fourth-order valence-corrected chi connectivity index (χ4v) is 1.78. The van der Waals surface area contributed by atoms with Crippen molar-refractivity contribution < 1.29 is 9.72 Å². The molecule has 1 fully saturated rings. The van der Waals surface area contributed by atoms with Crippen LogP contribution in [0.4, 0.5) is 5.69 Å². The van der Waals surface area contributed by atoms with Gasteiger partial charge in [-0.2, -0.15) is 0 Å². The fourth-order valence-electron chi connectivity index (χ4n) is 1.78. The van der Waals surface area contributed by atoms with Gasteiger partial charge in [-0.05, 0) is 5.56 Å². The second-order valence-electron chi connectivity index (χ2n) is 4.16. The molecule has 2 N–H and O–H groups in total. The first-order valence-corrected chi connectivity index (χ1v) is 5.33. The lowest BCUT2D eigenvalue weighted by molar-refractivity contribution is -0.384. The molecular formula is C11H13N3O3. The van der Waals surface area contributed by atoms with E-state index >= 15 is 0 Å². The Kier molecular flexibility index (Phi) is 3.06. The van der Waals surface area contributed by atoms with Gasteiger partial charge in [0.25, 0.3) is 5.69 Å². The Morgan fingerprint density at radius 3 is 2.82 bits per heavy atom. The van der Waals surface area contributed by atoms with E-state index in [-0.39, 0.29) is 24.1 Å². The lowest BCUT2D eigenvalue weighted by atomic mass is 10.1. The van der Waals surface area contributed by atoms with Gasteiger partial charge in [-0.15, -0.1) is 0 Å². The standard InChI is InChI=1S/C11H13N3O3/c12-9-6-13(7-9)11(15)5-8-2-1-3-10(4-8)14(16)17/h1-4,9H,5-7,12H2. The summed E-state index contributed by atoms with van der Waals surface area (Å²) in [5, 5.41) is 10.6. The van der Waals surface area contributed by atoms with Crippen LogP contribution in [0.15, 0.2) is 24.3 Å². The first-order chi connectivity index (χ1) is 8.06. The lowest BCUT2D eigenvalue weighted by Crippen LogP contribution is -2.58. The average Bonchev–Trinajstić information content (AvgIpc) is 2.25. The van der Waals surface area contributed by atoms with Crippen molar-refractivity contribution >= 4 is 11.6 Å². The van der Waals surface area contributed by atoms with Gasteiger partial charge in [0.1, 0.15) is 0 Å². The zero-order valence-electron chi connectivity index (χ0n) is 9.20. The van der Waals surface area contributed by atoms with Crippen LogP contribution in [0.2, 0.25) is 0 Å². The SMILES string of the molecule is NC1CN(C(=O)Cc2cccc([N+](=O)[O-])c2)C1. The summed E-state index contributed by atoms with van der Waals surface area (Å²) >= 11 is 0. The van der Waals surface area contributed by atoms with Crippen LogP contribution >= 0.6 is 0 Å². The summed E-state index contributed by atoms with van der Waals surface area (Å²) in [5.41, 5.74) is 6.25. The second-order valence-corrected chi connectivity index (χ2v) is 4.16. The Hall–Kier alpha value is -1.95. The number of rotatable bonds is 3. The third kappa shape index (κ3) is 2.59. The zero-order chi connectivity index (χ0) is 12.4. The van der Waals surface area contributed by atoms with Crippen molar-refractivity contribution in [1.82, 2.24) is 4.90 Å². The van der Waals surface area contributed by atoms with Crippen LogP contribution in [0.5, 0.6) is 0 Å². The first kappa shape index (κ1) is 11.5. The van der Waals surface area contributed by atoms with Crippen LogP contribution in [-0.4, -0.2) is 34.9 Å². The molecule has 0 aromatic heterocycles. The number of amides is 1. The number of benzene rings is 1. The van der Waals surface area contributed by atoms with Gasteiger partial charge in [-0.25, -0.2) is 0 Å². The summed E-state index contributed by atoms with van der Waals surface area (Å²) in [6.45, 7) is 1.15. The molecule has 1 amide bonds. The van der Waals surface area contributed by atoms with Crippen LogP contribution in [0.3, 0.4) is 0 Å². The Balaban J connectivity index is 2.01. The quantitative estimate of drug-likeness (QED) is 0.603. The van der Waals surface area contributed by atoms with Crippen molar-refractivity contribution in [2.24, 2.45) is 5.73 Å². The number of carbonyl (C=O) groups excluding carboxylic acids is 1. The molecule has 0 bridgehead atoms. The number of nitrogens with two attached hydrogens (primary N) is 1. The fraction of sp³-hybridized carbons (Fsp3) is 0.364. The summed E-state index contributed by atoms with van der Waals surface area (Å²) in [6, 6.07) is 6.21. The predicted molar refractivity (Wildman–Crippen MR) is 61.4 cm³/mol. The van der Waals surface area contributed by atoms with Crippen LogP contribution in [0.1, 0.15) is 5.56 Å². The summed E-state index contributed by atoms with van der Waals surface area (Å²) in [5.74, 6) is -0.0350. The van der Waals surface area contributed by atoms with Crippen molar-refractivity contribution in [3.05, 3.63) is 39.9 Å². The molecule has 0 radical (unpaired) electrons. The molecule has 1 heterocycles. The molecule has 2 rings (SSSR count). The van der Waals surface area contributed by atoms with E-state index in [1.54, 1.807) is 17.0 Å². The molecule has 0 spiro atoms. The van der Waals surface area contributed by atoms with Gasteiger partial charge in [-0.1, -0.05) is 12.1 Å². The smallest absolute Gasteiger partial charge is 0.269 e. The number of nitrogens with zero attached hydrogens (tertiary/aromatic N) is 2. The molecule has 1 aliphatic heterocycles. The molecule has 17 heavy (non-hydrogen) atoms. The van der Waals surface area contributed by atoms with Crippen molar-refractivity contribution in [3.8, 4) is 0 Å². The molecule has 1 saturated heterocycles. The van der Waals surface area contributed by atoms with Crippen molar-refractivity contribution in [3.63, 3.8) is 0 Å². The highest BCUT2D eigenvalue weighted by molar-refractivity contribution is 5.79. The molecule has 6 heteroatoms. The summed E-state index contributed by atoms with van der Waals surface area (Å²) in [7, 11) is 0. The predicted octanol–water partition coefficient (Wildman–Crippen LogP) is 0.307. The van der Waals surface area contributed by atoms with Gasteiger partial charge in [0.2, 0.25) is 5.91 Å². The molecule has 90 valence electrons. The van der Waals surface area contributed by atoms with E-state index in [9.17, 15) is 14.9 Å². The molecule has 1 aromatic rings. The maximum Gasteiger partial charge on any atom is 0.269 e. The van der Waals surface area contributed by atoms with Crippen LogP contribution in [0, 0.1) is 10.1 Å². The van der Waals surface area contributed by atoms with Crippen molar-refractivity contribution in [2.75, 3.05) is 13.1 Å². The normalized spacial score (nSPS) is 15.5. The molecule has 0 saturated carbocycles. The minimum absolute atomic E-state index is 0.00982. The van der Waals surface area contributed by atoms with Crippen LogP contribution < -0.4 is 5.73 Å². The van der Waals surface area contributed by atoms with E-state index in [0.29, 0.717) is 18.7 Å². The third-order valence-electron chi connectivity index (χ3n) is 2.74. The highest BCUT2D eigenvalue weighted by Crippen LogP contribution is 2.15. The summed E-state index contributed by atoms with van der Waals surface area (Å²) in [4.78, 5) is 23.5. The van der Waals surface area contributed by atoms with E-state index in [4.69, 9.17) is 5.73 Å². The van der Waals surface area contributed by atoms with Crippen molar-refractivity contribution in [2.45, 2.75) is 12.5 Å². The number of carbonyl (C=O) groups is 1. The maximum absolute atomic E-state index is 11.7. The molecule has 6 nitrogen and oxygen atoms in total. The van der Waals surface area contributed by atoms with E-state index in [1.807, 2.05) is 0 Å². The molecule has 1 aliphatic rings. The second kappa shape index (κ2) is 4.50. The summed E-state index contributed by atoms with van der Waals surface area (Å²) < 4.78 is 0. The first-order valence-electron chi connectivity index (χ1n) is 5.33. The molecule has 0 atom stereocenters. The number of non-ortho nitro benzene ring substituents is 1. The molecule has 1 aromatic carbocycles. The number of nitro groups is 1. The number of likely N-dealkylation sites (tertiary alicyclic amines) is 1. The maximum atomic E-state index is 11.7. The van der Waals surface area contributed by atoms with E-state index < -0.39 is 4.92 Å². The van der Waals surface area contributed by atoms with E-state index in [1.165, 1.54) is 12.1 Å². The molecular weight excluding hydrogens is 222 g/mol. The van der Waals surface area contributed by atoms with Crippen LogP contribution in [-0.2, 0) is 11.2 Å². The van der Waals surface area contributed by atoms with E-state index in [0.717, 1.165) is 0 Å². The average molecular weight is 235 g/mol. The highest BCUT2D eigenvalue weighted by Gasteiger charge is 2.27. The van der Waals surface area contributed by atoms with Crippen molar-refractivity contribution in [1.29, 1.82) is 0 Å². The topological polar surface area (TPSA) is 89.5 Å². The van der Waals surface area contributed by atoms with E-state index in [2.05, 4.69) is 0 Å². The lowest BCUT2D eigenvalue weighted by Gasteiger charge is -2.36. The Labute approximate surface area is 98.2 Å². The number of hydrogen-bond donors (Lipinski definition) is 1. The highest BCUT2D eigenvalue weighted by atomic mass is 16.6. The van der Waals surface area contributed by atoms with Gasteiger partial charge in [-0.3, -0.25) is 14.9 Å². The van der Waals surface area contributed by atoms with Gasteiger partial charge < -0.3 is 10.6 Å². The number of nitro benzene ring substituents is 1. The van der Waals surface area contributed by atoms with Gasteiger partial charge in [0.15, 0.2) is 0 Å².